The van der Waals surface area contributed by atoms with Crippen molar-refractivity contribution in [2.75, 3.05) is 27.2 Å². The molecular formula is C19H29IN4OS. The highest BCUT2D eigenvalue weighted by molar-refractivity contribution is 14.0. The lowest BCUT2D eigenvalue weighted by molar-refractivity contribution is 0.414. The number of aryl methyl sites for hydroxylation is 1. The summed E-state index contributed by atoms with van der Waals surface area (Å²) in [5.41, 5.74) is 1.22. The molecule has 0 bridgehead atoms. The van der Waals surface area contributed by atoms with Crippen LogP contribution in [0.15, 0.2) is 35.5 Å². The summed E-state index contributed by atoms with van der Waals surface area (Å²) in [4.78, 5) is 12.7. The summed E-state index contributed by atoms with van der Waals surface area (Å²) in [6.45, 7) is 6.64. The molecule has 0 amide bonds. The van der Waals surface area contributed by atoms with Crippen LogP contribution < -0.4 is 10.1 Å². The van der Waals surface area contributed by atoms with Crippen LogP contribution in [0.25, 0.3) is 0 Å². The van der Waals surface area contributed by atoms with Crippen molar-refractivity contribution in [1.29, 1.82) is 0 Å². The van der Waals surface area contributed by atoms with E-state index in [0.29, 0.717) is 0 Å². The fraction of sp³-hybridized carbons (Fsp3) is 0.474. The second-order valence-electron chi connectivity index (χ2n) is 5.76. The average Bonchev–Trinajstić information content (AvgIpc) is 3.09. The van der Waals surface area contributed by atoms with Gasteiger partial charge in [0.2, 0.25) is 0 Å². The van der Waals surface area contributed by atoms with E-state index in [0.717, 1.165) is 49.2 Å². The molecular weight excluding hydrogens is 459 g/mol. The van der Waals surface area contributed by atoms with Crippen LogP contribution in [-0.2, 0) is 19.4 Å². The molecule has 144 valence electrons. The van der Waals surface area contributed by atoms with Gasteiger partial charge in [-0.1, -0.05) is 19.1 Å². The third-order valence-electron chi connectivity index (χ3n) is 3.81. The molecule has 0 radical (unpaired) electrons. The Hall–Kier alpha value is -1.35. The van der Waals surface area contributed by atoms with Crippen LogP contribution in [0.5, 0.6) is 5.75 Å². The summed E-state index contributed by atoms with van der Waals surface area (Å²) >= 11 is 1.79. The first-order valence-electron chi connectivity index (χ1n) is 8.72. The summed E-state index contributed by atoms with van der Waals surface area (Å²) in [6.07, 6.45) is 3.91. The number of ether oxygens (including phenoxy) is 1. The van der Waals surface area contributed by atoms with Gasteiger partial charge in [0, 0.05) is 44.2 Å². The van der Waals surface area contributed by atoms with Gasteiger partial charge in [0.25, 0.3) is 0 Å². The van der Waals surface area contributed by atoms with E-state index in [2.05, 4.69) is 48.2 Å². The highest BCUT2D eigenvalue weighted by Gasteiger charge is 2.07. The van der Waals surface area contributed by atoms with Crippen molar-refractivity contribution < 1.29 is 4.74 Å². The van der Waals surface area contributed by atoms with Crippen LogP contribution in [0.2, 0.25) is 0 Å². The monoisotopic (exact) mass is 488 g/mol. The number of halogens is 1. The number of aliphatic imine (C=N–C) groups is 1. The number of guanidine groups is 1. The largest absolute Gasteiger partial charge is 0.497 e. The van der Waals surface area contributed by atoms with Crippen LogP contribution >= 0.6 is 35.3 Å². The SMILES string of the molecule is CCNC(=NCCc1ncc(CC)s1)N(C)Cc1ccc(OC)cc1.I. The zero-order valence-electron chi connectivity index (χ0n) is 16.0. The van der Waals surface area contributed by atoms with Gasteiger partial charge in [0.15, 0.2) is 5.96 Å². The molecule has 0 atom stereocenters. The van der Waals surface area contributed by atoms with E-state index in [-0.39, 0.29) is 24.0 Å². The number of hydrogen-bond donors (Lipinski definition) is 1. The number of thiazole rings is 1. The lowest BCUT2D eigenvalue weighted by atomic mass is 10.2. The van der Waals surface area contributed by atoms with E-state index in [1.165, 1.54) is 10.4 Å². The van der Waals surface area contributed by atoms with E-state index in [9.17, 15) is 0 Å². The predicted octanol–water partition coefficient (Wildman–Crippen LogP) is 3.97. The Kier molecular flexibility index (Phi) is 10.6. The molecule has 2 aromatic rings. The van der Waals surface area contributed by atoms with Crippen molar-refractivity contribution in [3.8, 4) is 5.75 Å². The van der Waals surface area contributed by atoms with Crippen molar-refractivity contribution in [1.82, 2.24) is 15.2 Å². The quantitative estimate of drug-likeness (QED) is 0.347. The minimum absolute atomic E-state index is 0. The molecule has 0 aliphatic rings. The zero-order valence-corrected chi connectivity index (χ0v) is 19.1. The molecule has 0 fully saturated rings. The third kappa shape index (κ3) is 7.11. The molecule has 0 unspecified atom stereocenters. The maximum Gasteiger partial charge on any atom is 0.193 e. The number of nitrogens with one attached hydrogen (secondary N) is 1. The standard InChI is InChI=1S/C19H28N4OS.HI/c1-5-17-13-22-18(25-17)11-12-21-19(20-6-2)23(3)14-15-7-9-16(24-4)10-8-15;/h7-10,13H,5-6,11-12,14H2,1-4H3,(H,20,21);1H. The second-order valence-corrected chi connectivity index (χ2v) is 6.96. The molecule has 0 saturated heterocycles. The summed E-state index contributed by atoms with van der Waals surface area (Å²) in [5, 5.41) is 4.52. The molecule has 1 aromatic carbocycles. The number of rotatable bonds is 8. The maximum atomic E-state index is 5.21. The maximum absolute atomic E-state index is 5.21. The molecule has 0 spiro atoms. The Morgan fingerprint density at radius 1 is 1.27 bits per heavy atom. The highest BCUT2D eigenvalue weighted by Crippen LogP contribution is 2.14. The molecule has 2 rings (SSSR count). The van der Waals surface area contributed by atoms with Gasteiger partial charge >= 0.3 is 0 Å². The molecule has 0 saturated carbocycles. The van der Waals surface area contributed by atoms with Gasteiger partial charge in [-0.3, -0.25) is 4.99 Å². The normalized spacial score (nSPS) is 11.0. The topological polar surface area (TPSA) is 49.8 Å². The number of benzene rings is 1. The van der Waals surface area contributed by atoms with E-state index in [1.807, 2.05) is 18.3 Å². The van der Waals surface area contributed by atoms with Crippen molar-refractivity contribution >= 4 is 41.3 Å². The molecule has 5 nitrogen and oxygen atoms in total. The van der Waals surface area contributed by atoms with Crippen LogP contribution in [0.1, 0.15) is 29.3 Å². The Bertz CT molecular complexity index is 672. The van der Waals surface area contributed by atoms with Crippen LogP contribution in [0, 0.1) is 0 Å². The Balaban J connectivity index is 0.00000338. The number of nitrogens with zero attached hydrogens (tertiary/aromatic N) is 3. The van der Waals surface area contributed by atoms with Gasteiger partial charge in [0.05, 0.1) is 12.1 Å². The van der Waals surface area contributed by atoms with Crippen molar-refractivity contribution in [2.24, 2.45) is 4.99 Å². The second kappa shape index (κ2) is 12.1. The molecule has 0 aliphatic heterocycles. The summed E-state index contributed by atoms with van der Waals surface area (Å²) in [7, 11) is 3.74. The van der Waals surface area contributed by atoms with Crippen LogP contribution in [-0.4, -0.2) is 43.1 Å². The third-order valence-corrected chi connectivity index (χ3v) is 5.01. The zero-order chi connectivity index (χ0) is 18.1. The summed E-state index contributed by atoms with van der Waals surface area (Å²) in [6, 6.07) is 8.14. The first-order valence-corrected chi connectivity index (χ1v) is 9.53. The van der Waals surface area contributed by atoms with E-state index in [1.54, 1.807) is 18.4 Å². The molecule has 1 heterocycles. The minimum Gasteiger partial charge on any atom is -0.497 e. The Labute approximate surface area is 177 Å². The van der Waals surface area contributed by atoms with Crippen molar-refractivity contribution in [2.45, 2.75) is 33.2 Å². The number of aromatic nitrogens is 1. The molecule has 1 aromatic heterocycles. The lowest BCUT2D eigenvalue weighted by Gasteiger charge is -2.22. The Morgan fingerprint density at radius 2 is 2.00 bits per heavy atom. The highest BCUT2D eigenvalue weighted by atomic mass is 127. The van der Waals surface area contributed by atoms with E-state index < -0.39 is 0 Å². The van der Waals surface area contributed by atoms with E-state index in [4.69, 9.17) is 9.73 Å². The van der Waals surface area contributed by atoms with Crippen molar-refractivity contribution in [3.05, 3.63) is 45.9 Å². The van der Waals surface area contributed by atoms with Crippen LogP contribution in [0.3, 0.4) is 0 Å². The molecule has 0 aliphatic carbocycles. The van der Waals surface area contributed by atoms with Crippen molar-refractivity contribution in [3.63, 3.8) is 0 Å². The molecule has 1 N–H and O–H groups in total. The smallest absolute Gasteiger partial charge is 0.193 e. The first-order chi connectivity index (χ1) is 12.2. The number of hydrogen-bond acceptors (Lipinski definition) is 4. The summed E-state index contributed by atoms with van der Waals surface area (Å²) in [5.74, 6) is 1.80. The number of methoxy groups -OCH3 is 1. The van der Waals surface area contributed by atoms with Gasteiger partial charge < -0.3 is 15.0 Å². The fourth-order valence-electron chi connectivity index (χ4n) is 2.43. The van der Waals surface area contributed by atoms with Gasteiger partial charge in [0.1, 0.15) is 5.75 Å². The minimum atomic E-state index is 0. The van der Waals surface area contributed by atoms with Crippen LogP contribution in [0.4, 0.5) is 0 Å². The molecule has 26 heavy (non-hydrogen) atoms. The lowest BCUT2D eigenvalue weighted by Crippen LogP contribution is -2.38. The van der Waals surface area contributed by atoms with Gasteiger partial charge in [-0.15, -0.1) is 35.3 Å². The first kappa shape index (κ1) is 22.7. The Morgan fingerprint density at radius 3 is 2.58 bits per heavy atom. The average molecular weight is 488 g/mol. The van der Waals surface area contributed by atoms with Gasteiger partial charge in [-0.2, -0.15) is 0 Å². The fourth-order valence-corrected chi connectivity index (χ4v) is 3.29. The van der Waals surface area contributed by atoms with E-state index >= 15 is 0 Å². The summed E-state index contributed by atoms with van der Waals surface area (Å²) < 4.78 is 5.21. The van der Waals surface area contributed by atoms with Gasteiger partial charge in [-0.05, 0) is 31.0 Å². The van der Waals surface area contributed by atoms with Gasteiger partial charge in [-0.25, -0.2) is 4.98 Å². The predicted molar refractivity (Wildman–Crippen MR) is 121 cm³/mol. The molecule has 7 heteroatoms.